The van der Waals surface area contributed by atoms with E-state index in [4.69, 9.17) is 0 Å². The summed E-state index contributed by atoms with van der Waals surface area (Å²) in [5.74, 6) is 0.215. The van der Waals surface area contributed by atoms with E-state index in [-0.39, 0.29) is 29.9 Å². The Bertz CT molecular complexity index is 634. The van der Waals surface area contributed by atoms with Gasteiger partial charge in [-0.15, -0.1) is 0 Å². The Morgan fingerprint density at radius 1 is 1.45 bits per heavy atom. The molecule has 0 spiro atoms. The molecule has 1 aromatic heterocycles. The quantitative estimate of drug-likeness (QED) is 0.800. The smallest absolute Gasteiger partial charge is 0.227 e. The number of aryl methyl sites for hydroxylation is 2. The average molecular weight is 299 g/mol. The van der Waals surface area contributed by atoms with Gasteiger partial charge in [0.2, 0.25) is 5.91 Å². The van der Waals surface area contributed by atoms with Crippen molar-refractivity contribution in [2.24, 2.45) is 7.05 Å². The lowest BCUT2D eigenvalue weighted by Gasteiger charge is -2.23. The lowest BCUT2D eigenvalue weighted by atomic mass is 10.1. The Kier molecular flexibility index (Phi) is 3.90. The number of nitrogens with zero attached hydrogens (tertiary/aromatic N) is 3. The van der Waals surface area contributed by atoms with Crippen LogP contribution in [0.3, 0.4) is 0 Å². The van der Waals surface area contributed by atoms with Crippen LogP contribution in [0.25, 0.3) is 0 Å². The van der Waals surface area contributed by atoms with Crippen molar-refractivity contribution in [1.29, 1.82) is 0 Å². The van der Waals surface area contributed by atoms with Crippen molar-refractivity contribution in [1.82, 2.24) is 14.7 Å². The van der Waals surface area contributed by atoms with Crippen LogP contribution in [0, 0.1) is 13.8 Å². The standard InChI is InChI=1S/C13H21N3O3S/c1-9-12(10(2)16(4)14-9)7-13(17)15(3)11-5-6-20(18,19)8-11/h11H,5-8H2,1-4H3. The highest BCUT2D eigenvalue weighted by molar-refractivity contribution is 7.91. The molecule has 2 rings (SSSR count). The summed E-state index contributed by atoms with van der Waals surface area (Å²) >= 11 is 0. The summed E-state index contributed by atoms with van der Waals surface area (Å²) in [6.45, 7) is 3.82. The number of sulfone groups is 1. The molecule has 20 heavy (non-hydrogen) atoms. The van der Waals surface area contributed by atoms with Crippen molar-refractivity contribution >= 4 is 15.7 Å². The minimum atomic E-state index is -2.97. The lowest BCUT2D eigenvalue weighted by molar-refractivity contribution is -0.130. The van der Waals surface area contributed by atoms with Crippen molar-refractivity contribution in [3.8, 4) is 0 Å². The molecule has 0 radical (unpaired) electrons. The van der Waals surface area contributed by atoms with Crippen LogP contribution in [0.4, 0.5) is 0 Å². The zero-order valence-corrected chi connectivity index (χ0v) is 13.2. The number of rotatable bonds is 3. The van der Waals surface area contributed by atoms with Crippen LogP contribution in [0.15, 0.2) is 0 Å². The van der Waals surface area contributed by atoms with Crippen LogP contribution in [0.2, 0.25) is 0 Å². The third-order valence-corrected chi connectivity index (χ3v) is 5.89. The second-order valence-electron chi connectivity index (χ2n) is 5.51. The van der Waals surface area contributed by atoms with Crippen LogP contribution in [0.5, 0.6) is 0 Å². The molecule has 1 aliphatic rings. The number of likely N-dealkylation sites (N-methyl/N-ethyl adjacent to an activating group) is 1. The highest BCUT2D eigenvalue weighted by Gasteiger charge is 2.33. The molecule has 1 aromatic rings. The fraction of sp³-hybridized carbons (Fsp3) is 0.692. The minimum Gasteiger partial charge on any atom is -0.341 e. The van der Waals surface area contributed by atoms with Gasteiger partial charge in [0, 0.05) is 31.4 Å². The highest BCUT2D eigenvalue weighted by atomic mass is 32.2. The summed E-state index contributed by atoms with van der Waals surface area (Å²) in [5.41, 5.74) is 2.76. The van der Waals surface area contributed by atoms with E-state index in [1.807, 2.05) is 20.9 Å². The molecule has 0 bridgehead atoms. The second kappa shape index (κ2) is 5.20. The maximum absolute atomic E-state index is 12.3. The zero-order chi connectivity index (χ0) is 15.1. The Morgan fingerprint density at radius 2 is 2.10 bits per heavy atom. The summed E-state index contributed by atoms with van der Waals surface area (Å²) in [4.78, 5) is 13.9. The maximum atomic E-state index is 12.3. The van der Waals surface area contributed by atoms with Gasteiger partial charge in [-0.1, -0.05) is 0 Å². The highest BCUT2D eigenvalue weighted by Crippen LogP contribution is 2.19. The molecule has 1 saturated heterocycles. The molecule has 1 fully saturated rings. The SMILES string of the molecule is Cc1nn(C)c(C)c1CC(=O)N(C)C1CCS(=O)(=O)C1. The molecule has 1 amide bonds. The predicted molar refractivity (Wildman–Crippen MR) is 76.2 cm³/mol. The van der Waals surface area contributed by atoms with E-state index < -0.39 is 9.84 Å². The molecule has 1 aliphatic heterocycles. The van der Waals surface area contributed by atoms with Gasteiger partial charge in [-0.2, -0.15) is 5.10 Å². The van der Waals surface area contributed by atoms with Gasteiger partial charge in [-0.05, 0) is 20.3 Å². The van der Waals surface area contributed by atoms with Gasteiger partial charge in [0.05, 0.1) is 23.6 Å². The average Bonchev–Trinajstić information content (AvgIpc) is 2.83. The number of carbonyl (C=O) groups is 1. The van der Waals surface area contributed by atoms with E-state index >= 15 is 0 Å². The first kappa shape index (κ1) is 15.0. The first-order valence-electron chi connectivity index (χ1n) is 6.66. The molecule has 2 heterocycles. The third-order valence-electron chi connectivity index (χ3n) is 4.14. The number of hydrogen-bond donors (Lipinski definition) is 0. The van der Waals surface area contributed by atoms with Crippen molar-refractivity contribution in [3.05, 3.63) is 17.0 Å². The molecule has 1 atom stereocenters. The van der Waals surface area contributed by atoms with Crippen LogP contribution < -0.4 is 0 Å². The van der Waals surface area contributed by atoms with Gasteiger partial charge in [-0.3, -0.25) is 9.48 Å². The number of aromatic nitrogens is 2. The summed E-state index contributed by atoms with van der Waals surface area (Å²) in [7, 11) is 0.571. The monoisotopic (exact) mass is 299 g/mol. The van der Waals surface area contributed by atoms with Gasteiger partial charge in [0.1, 0.15) is 0 Å². The van der Waals surface area contributed by atoms with E-state index in [2.05, 4.69) is 5.10 Å². The van der Waals surface area contributed by atoms with Crippen LogP contribution >= 0.6 is 0 Å². The van der Waals surface area contributed by atoms with Gasteiger partial charge < -0.3 is 4.90 Å². The topological polar surface area (TPSA) is 72.3 Å². The van der Waals surface area contributed by atoms with Crippen LogP contribution in [-0.4, -0.2) is 53.6 Å². The maximum Gasteiger partial charge on any atom is 0.227 e. The predicted octanol–water partition coefficient (Wildman–Crippen LogP) is 0.225. The fourth-order valence-corrected chi connectivity index (χ4v) is 4.41. The minimum absolute atomic E-state index is 0.0497. The summed E-state index contributed by atoms with van der Waals surface area (Å²) < 4.78 is 24.7. The summed E-state index contributed by atoms with van der Waals surface area (Å²) in [5, 5.41) is 4.29. The van der Waals surface area contributed by atoms with E-state index in [0.717, 1.165) is 17.0 Å². The third kappa shape index (κ3) is 2.87. The molecule has 0 N–H and O–H groups in total. The number of carbonyl (C=O) groups excluding carboxylic acids is 1. The van der Waals surface area contributed by atoms with Crippen molar-refractivity contribution in [2.45, 2.75) is 32.7 Å². The largest absolute Gasteiger partial charge is 0.341 e. The molecule has 1 unspecified atom stereocenters. The Hall–Kier alpha value is -1.37. The molecule has 0 aromatic carbocycles. The Morgan fingerprint density at radius 3 is 2.55 bits per heavy atom. The van der Waals surface area contributed by atoms with E-state index in [0.29, 0.717) is 6.42 Å². The normalized spacial score (nSPS) is 21.1. The first-order chi connectivity index (χ1) is 9.21. The van der Waals surface area contributed by atoms with Gasteiger partial charge >= 0.3 is 0 Å². The van der Waals surface area contributed by atoms with E-state index in [1.165, 1.54) is 0 Å². The lowest BCUT2D eigenvalue weighted by Crippen LogP contribution is -2.38. The number of amides is 1. The van der Waals surface area contributed by atoms with E-state index in [9.17, 15) is 13.2 Å². The Balaban J connectivity index is 2.09. The second-order valence-corrected chi connectivity index (χ2v) is 7.74. The fourth-order valence-electron chi connectivity index (χ4n) is 2.63. The molecule has 7 heteroatoms. The number of hydrogen-bond acceptors (Lipinski definition) is 4. The first-order valence-corrected chi connectivity index (χ1v) is 8.48. The van der Waals surface area contributed by atoms with Crippen molar-refractivity contribution in [2.75, 3.05) is 18.6 Å². The molecule has 0 aliphatic carbocycles. The van der Waals surface area contributed by atoms with Gasteiger partial charge in [-0.25, -0.2) is 8.42 Å². The summed E-state index contributed by atoms with van der Waals surface area (Å²) in [6.07, 6.45) is 0.814. The molecule has 0 saturated carbocycles. The Labute approximate surface area is 119 Å². The zero-order valence-electron chi connectivity index (χ0n) is 12.4. The molecular weight excluding hydrogens is 278 g/mol. The van der Waals surface area contributed by atoms with Crippen molar-refractivity contribution in [3.63, 3.8) is 0 Å². The van der Waals surface area contributed by atoms with Crippen LogP contribution in [0.1, 0.15) is 23.4 Å². The molecular formula is C13H21N3O3S. The van der Waals surface area contributed by atoms with Crippen molar-refractivity contribution < 1.29 is 13.2 Å². The molecule has 112 valence electrons. The summed E-state index contributed by atoms with van der Waals surface area (Å²) in [6, 6.07) is -0.190. The van der Waals surface area contributed by atoms with E-state index in [1.54, 1.807) is 16.6 Å². The molecule has 6 nitrogen and oxygen atoms in total. The van der Waals surface area contributed by atoms with Crippen LogP contribution in [-0.2, 0) is 28.1 Å². The van der Waals surface area contributed by atoms with Gasteiger partial charge in [0.25, 0.3) is 0 Å². The van der Waals surface area contributed by atoms with Gasteiger partial charge in [0.15, 0.2) is 9.84 Å².